The number of hydrogen-bond donors (Lipinski definition) is 0. The molecule has 0 aliphatic heterocycles. The van der Waals surface area contributed by atoms with Gasteiger partial charge in [0.2, 0.25) is 0 Å². The molecule has 96 valence electrons. The molecule has 18 heavy (non-hydrogen) atoms. The molecular weight excluding hydrogens is 310 g/mol. The number of aryl methyl sites for hydroxylation is 1. The van der Waals surface area contributed by atoms with Gasteiger partial charge in [0, 0.05) is 16.9 Å². The Morgan fingerprint density at radius 3 is 2.67 bits per heavy atom. The van der Waals surface area contributed by atoms with Gasteiger partial charge in [-0.2, -0.15) is 5.10 Å². The Balaban J connectivity index is 2.32. The highest BCUT2D eigenvalue weighted by Gasteiger charge is 2.22. The van der Waals surface area contributed by atoms with Crippen molar-refractivity contribution in [3.8, 4) is 0 Å². The maximum atomic E-state index is 5.32. The molecule has 0 spiro atoms. The predicted octanol–water partition coefficient (Wildman–Crippen LogP) is 3.69. The number of nitrogens with zero attached hydrogens (tertiary/aromatic N) is 3. The molecule has 0 aliphatic carbocycles. The van der Waals surface area contributed by atoms with Crippen LogP contribution in [0.2, 0.25) is 0 Å². The average Bonchev–Trinajstić information content (AvgIpc) is 2.61. The molecule has 2 rings (SSSR count). The lowest BCUT2D eigenvalue weighted by Gasteiger charge is -2.25. The Hall–Kier alpha value is -0.940. The summed E-state index contributed by atoms with van der Waals surface area (Å²) in [4.78, 5) is 0. The molecule has 1 heterocycles. The molecule has 0 bridgehead atoms. The summed E-state index contributed by atoms with van der Waals surface area (Å²) >= 11 is 8.84. The third-order valence-electron chi connectivity index (χ3n) is 3.04. The van der Waals surface area contributed by atoms with E-state index in [2.05, 4.69) is 53.1 Å². The lowest BCUT2D eigenvalue weighted by Crippen LogP contribution is -2.25. The van der Waals surface area contributed by atoms with Crippen molar-refractivity contribution in [3.05, 3.63) is 45.4 Å². The van der Waals surface area contributed by atoms with E-state index in [1.54, 1.807) is 6.33 Å². The van der Waals surface area contributed by atoms with Crippen LogP contribution in [-0.4, -0.2) is 14.3 Å². The van der Waals surface area contributed by atoms with Gasteiger partial charge >= 0.3 is 0 Å². The summed E-state index contributed by atoms with van der Waals surface area (Å²) in [5.74, 6) is 0. The zero-order valence-electron chi connectivity index (χ0n) is 10.7. The van der Waals surface area contributed by atoms with Crippen molar-refractivity contribution in [3.63, 3.8) is 0 Å². The molecule has 0 saturated carbocycles. The molecule has 1 aromatic heterocycles. The first kappa shape index (κ1) is 13.5. The maximum Gasteiger partial charge on any atom is 0.197 e. The van der Waals surface area contributed by atoms with Gasteiger partial charge in [0.1, 0.15) is 6.33 Å². The lowest BCUT2D eigenvalue weighted by atomic mass is 9.85. The molecule has 0 radical (unpaired) electrons. The summed E-state index contributed by atoms with van der Waals surface area (Å²) in [6, 6.07) is 8.37. The predicted molar refractivity (Wildman–Crippen MR) is 79.2 cm³/mol. The van der Waals surface area contributed by atoms with Crippen LogP contribution >= 0.6 is 28.1 Å². The van der Waals surface area contributed by atoms with Crippen LogP contribution in [0.15, 0.2) is 35.1 Å². The van der Waals surface area contributed by atoms with E-state index in [1.165, 1.54) is 5.56 Å². The Morgan fingerprint density at radius 1 is 1.39 bits per heavy atom. The minimum atomic E-state index is -0.0175. The van der Waals surface area contributed by atoms with Crippen LogP contribution in [0.4, 0.5) is 0 Å². The minimum absolute atomic E-state index is 0.0175. The summed E-state index contributed by atoms with van der Waals surface area (Å²) in [5.41, 5.74) is 1.25. The van der Waals surface area contributed by atoms with Crippen LogP contribution in [0.1, 0.15) is 19.4 Å². The largest absolute Gasteiger partial charge is 0.310 e. The molecule has 2 aromatic rings. The number of halogens is 1. The van der Waals surface area contributed by atoms with E-state index < -0.39 is 0 Å². The smallest absolute Gasteiger partial charge is 0.197 e. The third-order valence-corrected chi connectivity index (χ3v) is 4.03. The van der Waals surface area contributed by atoms with Gasteiger partial charge in [-0.3, -0.25) is 0 Å². The first-order valence-corrected chi connectivity index (χ1v) is 6.95. The van der Waals surface area contributed by atoms with E-state index in [9.17, 15) is 0 Å². The molecule has 0 atom stereocenters. The van der Waals surface area contributed by atoms with Crippen LogP contribution in [0.3, 0.4) is 0 Å². The quantitative estimate of drug-likeness (QED) is 0.803. The van der Waals surface area contributed by atoms with Gasteiger partial charge in [-0.05, 0) is 29.9 Å². The number of rotatable bonds is 3. The molecular formula is C13H16BrN3S. The number of hydrogen-bond acceptors (Lipinski definition) is 2. The molecule has 0 aliphatic rings. The van der Waals surface area contributed by atoms with Crippen LogP contribution in [0.25, 0.3) is 0 Å². The molecule has 0 unspecified atom stereocenters. The van der Waals surface area contributed by atoms with E-state index in [0.717, 1.165) is 15.8 Å². The van der Waals surface area contributed by atoms with E-state index in [-0.39, 0.29) is 5.41 Å². The molecule has 3 nitrogen and oxygen atoms in total. The molecule has 0 fully saturated rings. The van der Waals surface area contributed by atoms with Gasteiger partial charge in [-0.15, -0.1) is 0 Å². The fourth-order valence-corrected chi connectivity index (χ4v) is 2.46. The highest BCUT2D eigenvalue weighted by Crippen LogP contribution is 2.27. The Kier molecular flexibility index (Phi) is 3.73. The topological polar surface area (TPSA) is 22.8 Å². The van der Waals surface area contributed by atoms with Gasteiger partial charge < -0.3 is 4.57 Å². The molecule has 1 aromatic carbocycles. The fraction of sp³-hybridized carbons (Fsp3) is 0.385. The lowest BCUT2D eigenvalue weighted by molar-refractivity contribution is 0.403. The zero-order valence-corrected chi connectivity index (χ0v) is 13.1. The van der Waals surface area contributed by atoms with Crippen molar-refractivity contribution in [1.82, 2.24) is 14.3 Å². The minimum Gasteiger partial charge on any atom is -0.310 e. The standard InChI is InChI=1S/C13H16BrN3S/c1-13(2,10-5-4-6-11(14)7-10)8-17-12(18)16(3)9-15-17/h4-7,9H,8H2,1-3H3. The van der Waals surface area contributed by atoms with E-state index >= 15 is 0 Å². The van der Waals surface area contributed by atoms with E-state index in [0.29, 0.717) is 0 Å². The summed E-state index contributed by atoms with van der Waals surface area (Å²) in [7, 11) is 1.91. The van der Waals surface area contributed by atoms with Crippen molar-refractivity contribution in [2.75, 3.05) is 0 Å². The zero-order chi connectivity index (χ0) is 13.3. The van der Waals surface area contributed by atoms with Gasteiger partial charge in [0.05, 0.1) is 6.54 Å². The van der Waals surface area contributed by atoms with Gasteiger partial charge in [-0.25, -0.2) is 4.68 Å². The second-order valence-corrected chi connectivity index (χ2v) is 6.36. The highest BCUT2D eigenvalue weighted by molar-refractivity contribution is 9.10. The monoisotopic (exact) mass is 325 g/mol. The molecule has 0 N–H and O–H groups in total. The Labute approximate surface area is 121 Å². The SMILES string of the molecule is Cn1cnn(CC(C)(C)c2cccc(Br)c2)c1=S. The summed E-state index contributed by atoms with van der Waals surface area (Å²) in [6.45, 7) is 5.17. The van der Waals surface area contributed by atoms with E-state index in [1.807, 2.05) is 22.4 Å². The van der Waals surface area contributed by atoms with Crippen LogP contribution in [0.5, 0.6) is 0 Å². The second-order valence-electron chi connectivity index (χ2n) is 5.08. The summed E-state index contributed by atoms with van der Waals surface area (Å²) in [5, 5.41) is 4.31. The van der Waals surface area contributed by atoms with Crippen molar-refractivity contribution in [2.24, 2.45) is 7.05 Å². The van der Waals surface area contributed by atoms with Crippen LogP contribution in [0, 0.1) is 4.77 Å². The van der Waals surface area contributed by atoms with Gasteiger partial charge in [0.25, 0.3) is 0 Å². The Bertz CT molecular complexity index is 613. The first-order chi connectivity index (χ1) is 8.40. The van der Waals surface area contributed by atoms with E-state index in [4.69, 9.17) is 12.2 Å². The summed E-state index contributed by atoms with van der Waals surface area (Å²) < 4.78 is 5.57. The second kappa shape index (κ2) is 4.97. The molecule has 5 heteroatoms. The van der Waals surface area contributed by atoms with Crippen LogP contribution < -0.4 is 0 Å². The van der Waals surface area contributed by atoms with Crippen molar-refractivity contribution < 1.29 is 0 Å². The number of benzene rings is 1. The van der Waals surface area contributed by atoms with Crippen molar-refractivity contribution >= 4 is 28.1 Å². The summed E-state index contributed by atoms with van der Waals surface area (Å²) in [6.07, 6.45) is 1.75. The first-order valence-electron chi connectivity index (χ1n) is 5.75. The fourth-order valence-electron chi connectivity index (χ4n) is 1.90. The van der Waals surface area contributed by atoms with Crippen molar-refractivity contribution in [2.45, 2.75) is 25.8 Å². The van der Waals surface area contributed by atoms with Crippen molar-refractivity contribution in [1.29, 1.82) is 0 Å². The normalized spacial score (nSPS) is 11.8. The highest BCUT2D eigenvalue weighted by atomic mass is 79.9. The Morgan fingerprint density at radius 2 is 2.11 bits per heavy atom. The molecule has 0 saturated heterocycles. The molecule has 0 amide bonds. The van der Waals surface area contributed by atoms with Gasteiger partial charge in [0.15, 0.2) is 4.77 Å². The third kappa shape index (κ3) is 2.72. The van der Waals surface area contributed by atoms with Gasteiger partial charge in [-0.1, -0.05) is 41.9 Å². The average molecular weight is 326 g/mol. The number of aromatic nitrogens is 3. The van der Waals surface area contributed by atoms with Crippen LogP contribution in [-0.2, 0) is 19.0 Å². The maximum absolute atomic E-state index is 5.32.